The first-order valence-corrected chi connectivity index (χ1v) is 23.3. The number of hydrogen-bond acceptors (Lipinski definition) is 2. The van der Waals surface area contributed by atoms with E-state index in [-0.39, 0.29) is 0 Å². The van der Waals surface area contributed by atoms with Gasteiger partial charge in [0, 0.05) is 45.2 Å². The third-order valence-corrected chi connectivity index (χ3v) is 13.0. The number of hydrogen-bond donors (Lipinski definition) is 2. The summed E-state index contributed by atoms with van der Waals surface area (Å²) in [6, 6.07) is 88.8. The lowest BCUT2D eigenvalue weighted by Crippen LogP contribution is -1.97. The second kappa shape index (κ2) is 18.7. The second-order valence-corrected chi connectivity index (χ2v) is 17.2. The summed E-state index contributed by atoms with van der Waals surface area (Å²) in [4.78, 5) is 0. The highest BCUT2D eigenvalue weighted by Gasteiger charge is 2.17. The van der Waals surface area contributed by atoms with Crippen LogP contribution in [-0.2, 0) is 13.0 Å². The molecule has 12 rings (SSSR count). The van der Waals surface area contributed by atoms with Crippen molar-refractivity contribution in [3.05, 3.63) is 271 Å². The van der Waals surface area contributed by atoms with Crippen molar-refractivity contribution >= 4 is 49.3 Å². The molecule has 0 aliphatic carbocycles. The predicted octanol–water partition coefficient (Wildman–Crippen LogP) is 15.6. The quantitative estimate of drug-likeness (QED) is 0.152. The molecule has 0 saturated heterocycles. The average Bonchev–Trinajstić information content (AvgIpc) is 3.93. The standard InChI is InChI=1S/C57H41N3.C7H9N/c58-53(43-14-6-2-7-15-43)32-22-39-20-23-41(24-21-39)42-25-30-48(31-26-42)60-56-33-27-44(40-12-4-1-5-13-40)36-51(56)52-38-46(29-35-57(52)60)45-28-34-55-50(37-45)49-18-10-11-19-54(49)59(55)47-16-8-3-9-17-47;8-6-7-4-2-1-3-5-7/h1-21,23-38H,22,58H2;1-5H,6,8H2/b53-32-;. The zero-order valence-electron chi connectivity index (χ0n) is 37.7. The van der Waals surface area contributed by atoms with Gasteiger partial charge >= 0.3 is 0 Å². The topological polar surface area (TPSA) is 61.9 Å². The summed E-state index contributed by atoms with van der Waals surface area (Å²) < 4.78 is 4.79. The molecule has 0 saturated carbocycles. The first-order chi connectivity index (χ1) is 33.6. The van der Waals surface area contributed by atoms with E-state index in [0.29, 0.717) is 6.54 Å². The number of rotatable bonds is 9. The smallest absolute Gasteiger partial charge is 0.0541 e. The minimum Gasteiger partial charge on any atom is -0.398 e. The van der Waals surface area contributed by atoms with E-state index in [1.807, 2.05) is 60.7 Å². The van der Waals surface area contributed by atoms with Gasteiger partial charge in [-0.1, -0.05) is 188 Å². The summed E-state index contributed by atoms with van der Waals surface area (Å²) in [5, 5.41) is 4.97. The van der Waals surface area contributed by atoms with E-state index in [1.54, 1.807) is 0 Å². The molecule has 0 amide bonds. The van der Waals surface area contributed by atoms with Crippen molar-refractivity contribution in [2.24, 2.45) is 11.5 Å². The van der Waals surface area contributed by atoms with E-state index < -0.39 is 0 Å². The predicted molar refractivity (Wildman–Crippen MR) is 288 cm³/mol. The molecule has 0 bridgehead atoms. The first kappa shape index (κ1) is 42.0. The number of fused-ring (bicyclic) bond motifs is 6. The number of para-hydroxylation sites is 2. The summed E-state index contributed by atoms with van der Waals surface area (Å²) in [5.74, 6) is 0. The van der Waals surface area contributed by atoms with Crippen LogP contribution in [0.5, 0.6) is 0 Å². The van der Waals surface area contributed by atoms with Gasteiger partial charge in [-0.05, 0) is 123 Å². The maximum absolute atomic E-state index is 6.37. The van der Waals surface area contributed by atoms with Crippen LogP contribution in [0.4, 0.5) is 0 Å². The molecule has 10 aromatic carbocycles. The number of nitrogens with zero attached hydrogens (tertiary/aromatic N) is 2. The molecule has 326 valence electrons. The highest BCUT2D eigenvalue weighted by Crippen LogP contribution is 2.40. The van der Waals surface area contributed by atoms with Crippen LogP contribution in [0.25, 0.3) is 94.1 Å². The SMILES string of the molecule is N/C(=C\Cc1ccc(-c2ccc(-n3c4ccc(-c5ccccc5)cc4c4cc(-c5ccc6c(c5)c5ccccc5n6-c5ccccc5)ccc43)cc2)cc1)c1ccccc1.NCc1ccccc1. The van der Waals surface area contributed by atoms with Crippen molar-refractivity contribution in [3.63, 3.8) is 0 Å². The van der Waals surface area contributed by atoms with Crippen molar-refractivity contribution in [3.8, 4) is 44.8 Å². The lowest BCUT2D eigenvalue weighted by Gasteiger charge is -2.11. The highest BCUT2D eigenvalue weighted by atomic mass is 15.0. The first-order valence-electron chi connectivity index (χ1n) is 23.3. The number of allylic oxidation sites excluding steroid dienone is 1. The maximum Gasteiger partial charge on any atom is 0.0541 e. The fraction of sp³-hybridized carbons (Fsp3) is 0.0312. The van der Waals surface area contributed by atoms with Gasteiger partial charge in [0.1, 0.15) is 0 Å². The van der Waals surface area contributed by atoms with E-state index in [4.69, 9.17) is 11.5 Å². The van der Waals surface area contributed by atoms with Gasteiger partial charge in [0.25, 0.3) is 0 Å². The van der Waals surface area contributed by atoms with E-state index >= 15 is 0 Å². The van der Waals surface area contributed by atoms with Crippen LogP contribution in [0.1, 0.15) is 16.7 Å². The van der Waals surface area contributed by atoms with Gasteiger partial charge in [-0.3, -0.25) is 0 Å². The lowest BCUT2D eigenvalue weighted by atomic mass is 9.99. The zero-order chi connectivity index (χ0) is 45.8. The van der Waals surface area contributed by atoms with Crippen LogP contribution in [0, 0.1) is 0 Å². The molecule has 0 atom stereocenters. The van der Waals surface area contributed by atoms with Crippen LogP contribution in [0.15, 0.2) is 255 Å². The Morgan fingerprint density at radius 3 is 1.28 bits per heavy atom. The van der Waals surface area contributed by atoms with Gasteiger partial charge in [0.2, 0.25) is 0 Å². The highest BCUT2D eigenvalue weighted by molar-refractivity contribution is 6.13. The largest absolute Gasteiger partial charge is 0.398 e. The van der Waals surface area contributed by atoms with Gasteiger partial charge in [0.15, 0.2) is 0 Å². The Hall–Kier alpha value is -8.70. The molecule has 0 aliphatic heterocycles. The van der Waals surface area contributed by atoms with Crippen molar-refractivity contribution in [2.75, 3.05) is 0 Å². The van der Waals surface area contributed by atoms with Crippen molar-refractivity contribution in [2.45, 2.75) is 13.0 Å². The monoisotopic (exact) mass is 874 g/mol. The summed E-state index contributed by atoms with van der Waals surface area (Å²) in [7, 11) is 0. The van der Waals surface area contributed by atoms with E-state index in [1.165, 1.54) is 93.8 Å². The Kier molecular flexibility index (Phi) is 11.5. The Morgan fingerprint density at radius 2 is 0.735 bits per heavy atom. The molecule has 0 aliphatic rings. The summed E-state index contributed by atoms with van der Waals surface area (Å²) >= 11 is 0. The average molecular weight is 875 g/mol. The second-order valence-electron chi connectivity index (χ2n) is 17.2. The van der Waals surface area contributed by atoms with Crippen LogP contribution in [-0.4, -0.2) is 9.13 Å². The molecule has 0 spiro atoms. The zero-order valence-corrected chi connectivity index (χ0v) is 37.7. The molecule has 4 heteroatoms. The van der Waals surface area contributed by atoms with Crippen LogP contribution in [0.3, 0.4) is 0 Å². The molecule has 68 heavy (non-hydrogen) atoms. The molecule has 2 heterocycles. The molecule has 0 unspecified atom stereocenters. The van der Waals surface area contributed by atoms with Crippen LogP contribution in [0.2, 0.25) is 0 Å². The third kappa shape index (κ3) is 8.26. The Labute approximate surface area is 397 Å². The number of benzene rings is 10. The lowest BCUT2D eigenvalue weighted by molar-refractivity contribution is 1.07. The molecule has 2 aromatic heterocycles. The summed E-state index contributed by atoms with van der Waals surface area (Å²) in [5.41, 5.74) is 30.3. The van der Waals surface area contributed by atoms with Gasteiger partial charge in [-0.2, -0.15) is 0 Å². The van der Waals surface area contributed by atoms with Gasteiger partial charge in [-0.25, -0.2) is 0 Å². The number of aromatic nitrogens is 2. The Morgan fingerprint density at radius 1 is 0.338 bits per heavy atom. The number of nitrogens with two attached hydrogens (primary N) is 2. The summed E-state index contributed by atoms with van der Waals surface area (Å²) in [6.07, 6.45) is 2.88. The van der Waals surface area contributed by atoms with Gasteiger partial charge < -0.3 is 20.6 Å². The van der Waals surface area contributed by atoms with Crippen molar-refractivity contribution in [1.82, 2.24) is 9.13 Å². The molecule has 4 N–H and O–H groups in total. The summed E-state index contributed by atoms with van der Waals surface area (Å²) in [6.45, 7) is 0.640. The Balaban J connectivity index is 0.000000577. The molecular formula is C64H50N4. The van der Waals surface area contributed by atoms with Crippen molar-refractivity contribution in [1.29, 1.82) is 0 Å². The fourth-order valence-corrected chi connectivity index (χ4v) is 9.53. The molecule has 4 nitrogen and oxygen atoms in total. The van der Waals surface area contributed by atoms with E-state index in [0.717, 1.165) is 23.4 Å². The minimum absolute atomic E-state index is 0.640. The fourth-order valence-electron chi connectivity index (χ4n) is 9.53. The minimum atomic E-state index is 0.640. The van der Waals surface area contributed by atoms with Gasteiger partial charge in [0.05, 0.1) is 22.1 Å². The van der Waals surface area contributed by atoms with Crippen LogP contribution < -0.4 is 11.5 Å². The molecular weight excluding hydrogens is 825 g/mol. The normalized spacial score (nSPS) is 11.6. The molecule has 0 fully saturated rings. The van der Waals surface area contributed by atoms with Gasteiger partial charge in [-0.15, -0.1) is 0 Å². The van der Waals surface area contributed by atoms with E-state index in [2.05, 4.69) is 203 Å². The third-order valence-electron chi connectivity index (χ3n) is 13.0. The van der Waals surface area contributed by atoms with Crippen LogP contribution >= 0.6 is 0 Å². The molecule has 0 radical (unpaired) electrons. The molecule has 12 aromatic rings. The van der Waals surface area contributed by atoms with E-state index in [9.17, 15) is 0 Å². The van der Waals surface area contributed by atoms with Crippen molar-refractivity contribution < 1.29 is 0 Å². The Bertz CT molecular complexity index is 3700. The maximum atomic E-state index is 6.37.